The molecule has 15 heavy (non-hydrogen) atoms. The van der Waals surface area contributed by atoms with Crippen molar-refractivity contribution in [1.82, 2.24) is 5.32 Å². The zero-order chi connectivity index (χ0) is 11.3. The Bertz CT molecular complexity index is 427. The van der Waals surface area contributed by atoms with Gasteiger partial charge in [0, 0.05) is 0 Å². The van der Waals surface area contributed by atoms with Crippen molar-refractivity contribution in [3.8, 4) is 17.6 Å². The molecule has 1 aromatic carbocycles. The van der Waals surface area contributed by atoms with E-state index < -0.39 is 0 Å². The second-order valence-corrected chi connectivity index (χ2v) is 3.13. The maximum absolute atomic E-state index is 11.6. The van der Waals surface area contributed by atoms with Gasteiger partial charge >= 0.3 is 0 Å². The average molecular weight is 203 g/mol. The van der Waals surface area contributed by atoms with E-state index in [1.807, 2.05) is 6.92 Å². The Morgan fingerprint density at radius 1 is 1.53 bits per heavy atom. The number of phenolic OH excluding ortho intramolecular Hbond substituents is 1. The minimum atomic E-state index is -0.307. The molecule has 0 saturated heterocycles. The first-order valence-electron chi connectivity index (χ1n) is 4.62. The fourth-order valence-electron chi connectivity index (χ4n) is 1.14. The van der Waals surface area contributed by atoms with Gasteiger partial charge in [0.15, 0.2) is 0 Å². The van der Waals surface area contributed by atoms with Gasteiger partial charge in [0.25, 0.3) is 5.91 Å². The quantitative estimate of drug-likeness (QED) is 0.715. The van der Waals surface area contributed by atoms with Crippen LogP contribution in [0.3, 0.4) is 0 Å². The van der Waals surface area contributed by atoms with Gasteiger partial charge in [-0.25, -0.2) is 0 Å². The highest BCUT2D eigenvalue weighted by Crippen LogP contribution is 2.17. The summed E-state index contributed by atoms with van der Waals surface area (Å²) in [6.07, 6.45) is 0. The fraction of sp³-hybridized carbons (Fsp3) is 0.250. The average Bonchev–Trinajstić information content (AvgIpc) is 2.22. The number of carbonyl (C=O) groups is 1. The summed E-state index contributed by atoms with van der Waals surface area (Å²) in [5.41, 5.74) is 1.22. The van der Waals surface area contributed by atoms with E-state index in [1.165, 1.54) is 6.07 Å². The third-order valence-electron chi connectivity index (χ3n) is 1.91. The highest BCUT2D eigenvalue weighted by atomic mass is 16.3. The lowest BCUT2D eigenvalue weighted by atomic mass is 10.1. The molecule has 0 aromatic heterocycles. The maximum Gasteiger partial charge on any atom is 0.255 e. The Balaban J connectivity index is 2.80. The van der Waals surface area contributed by atoms with Gasteiger partial charge in [-0.15, -0.1) is 5.92 Å². The Morgan fingerprint density at radius 2 is 2.27 bits per heavy atom. The lowest BCUT2D eigenvalue weighted by Crippen LogP contribution is -2.23. The minimum absolute atomic E-state index is 0.0115. The molecule has 0 bridgehead atoms. The van der Waals surface area contributed by atoms with Crippen LogP contribution in [-0.4, -0.2) is 17.6 Å². The predicted molar refractivity (Wildman–Crippen MR) is 58.6 cm³/mol. The van der Waals surface area contributed by atoms with Gasteiger partial charge in [0.05, 0.1) is 12.1 Å². The van der Waals surface area contributed by atoms with Crippen molar-refractivity contribution in [1.29, 1.82) is 0 Å². The van der Waals surface area contributed by atoms with Crippen molar-refractivity contribution in [3.63, 3.8) is 0 Å². The molecule has 0 fully saturated rings. The molecule has 0 saturated carbocycles. The summed E-state index contributed by atoms with van der Waals surface area (Å²) in [4.78, 5) is 11.6. The smallest absolute Gasteiger partial charge is 0.255 e. The monoisotopic (exact) mass is 203 g/mol. The van der Waals surface area contributed by atoms with E-state index in [-0.39, 0.29) is 17.2 Å². The fourth-order valence-corrected chi connectivity index (χ4v) is 1.14. The molecule has 0 aliphatic heterocycles. The van der Waals surface area contributed by atoms with Gasteiger partial charge < -0.3 is 10.4 Å². The second-order valence-electron chi connectivity index (χ2n) is 3.13. The van der Waals surface area contributed by atoms with Crippen molar-refractivity contribution in [2.45, 2.75) is 13.8 Å². The van der Waals surface area contributed by atoms with Crippen LogP contribution in [0.15, 0.2) is 18.2 Å². The van der Waals surface area contributed by atoms with Crippen LogP contribution < -0.4 is 5.32 Å². The van der Waals surface area contributed by atoms with Crippen molar-refractivity contribution < 1.29 is 9.90 Å². The lowest BCUT2D eigenvalue weighted by Gasteiger charge is -2.04. The number of amides is 1. The molecule has 0 aliphatic carbocycles. The molecule has 1 amide bonds. The molecule has 0 unspecified atom stereocenters. The van der Waals surface area contributed by atoms with Crippen LogP contribution in [0.2, 0.25) is 0 Å². The number of benzene rings is 1. The number of nitrogens with one attached hydrogen (secondary N) is 1. The zero-order valence-electron chi connectivity index (χ0n) is 8.79. The zero-order valence-corrected chi connectivity index (χ0v) is 8.79. The van der Waals surface area contributed by atoms with Crippen LogP contribution in [0, 0.1) is 18.8 Å². The summed E-state index contributed by atoms with van der Waals surface area (Å²) < 4.78 is 0. The topological polar surface area (TPSA) is 49.3 Å². The molecule has 0 heterocycles. The number of rotatable bonds is 2. The molecule has 0 atom stereocenters. The third-order valence-corrected chi connectivity index (χ3v) is 1.91. The molecule has 3 heteroatoms. The van der Waals surface area contributed by atoms with E-state index in [2.05, 4.69) is 17.2 Å². The number of hydrogen-bond acceptors (Lipinski definition) is 2. The van der Waals surface area contributed by atoms with E-state index in [9.17, 15) is 9.90 Å². The van der Waals surface area contributed by atoms with Crippen molar-refractivity contribution in [2.24, 2.45) is 0 Å². The summed E-state index contributed by atoms with van der Waals surface area (Å²) in [5.74, 6) is 5.07. The van der Waals surface area contributed by atoms with Gasteiger partial charge in [0.2, 0.25) is 0 Å². The van der Waals surface area contributed by atoms with Crippen molar-refractivity contribution in [2.75, 3.05) is 6.54 Å². The number of phenols is 1. The Morgan fingerprint density at radius 3 is 2.93 bits per heavy atom. The van der Waals surface area contributed by atoms with E-state index in [1.54, 1.807) is 19.1 Å². The first-order valence-corrected chi connectivity index (χ1v) is 4.62. The van der Waals surface area contributed by atoms with Crippen LogP contribution in [-0.2, 0) is 0 Å². The van der Waals surface area contributed by atoms with Gasteiger partial charge in [-0.05, 0) is 26.0 Å². The van der Waals surface area contributed by atoms with Crippen LogP contribution >= 0.6 is 0 Å². The maximum atomic E-state index is 11.6. The SMILES string of the molecule is CC#CCNC(=O)c1cc(C)ccc1O. The summed E-state index contributed by atoms with van der Waals surface area (Å²) in [5, 5.41) is 12.1. The number of carbonyl (C=O) groups excluding carboxylic acids is 1. The summed E-state index contributed by atoms with van der Waals surface area (Å²) >= 11 is 0. The van der Waals surface area contributed by atoms with Gasteiger partial charge in [-0.3, -0.25) is 4.79 Å². The van der Waals surface area contributed by atoms with E-state index in [0.29, 0.717) is 6.54 Å². The standard InChI is InChI=1S/C12H13NO2/c1-3-4-7-13-12(15)10-8-9(2)5-6-11(10)14/h5-6,8,14H,7H2,1-2H3,(H,13,15). The first-order chi connectivity index (χ1) is 7.15. The van der Waals surface area contributed by atoms with Gasteiger partial charge in [-0.2, -0.15) is 0 Å². The number of aryl methyl sites for hydroxylation is 1. The van der Waals surface area contributed by atoms with Crippen molar-refractivity contribution in [3.05, 3.63) is 29.3 Å². The van der Waals surface area contributed by atoms with Gasteiger partial charge in [-0.1, -0.05) is 17.6 Å². The molecule has 1 rings (SSSR count). The normalized spacial score (nSPS) is 8.93. The minimum Gasteiger partial charge on any atom is -0.507 e. The molecule has 2 N–H and O–H groups in total. The molecule has 3 nitrogen and oxygen atoms in total. The van der Waals surface area contributed by atoms with Crippen LogP contribution in [0.4, 0.5) is 0 Å². The molecule has 0 radical (unpaired) electrons. The first kappa shape index (κ1) is 11.1. The molecule has 0 aliphatic rings. The van der Waals surface area contributed by atoms with Crippen molar-refractivity contribution >= 4 is 5.91 Å². The van der Waals surface area contributed by atoms with E-state index >= 15 is 0 Å². The van der Waals surface area contributed by atoms with Crippen LogP contribution in [0.1, 0.15) is 22.8 Å². The van der Waals surface area contributed by atoms with Crippen LogP contribution in [0.5, 0.6) is 5.75 Å². The van der Waals surface area contributed by atoms with E-state index in [4.69, 9.17) is 0 Å². The predicted octanol–water partition coefficient (Wildman–Crippen LogP) is 1.45. The molecular weight excluding hydrogens is 190 g/mol. The molecule has 1 aromatic rings. The highest BCUT2D eigenvalue weighted by molar-refractivity contribution is 5.97. The molecule has 78 valence electrons. The molecule has 0 spiro atoms. The van der Waals surface area contributed by atoms with E-state index in [0.717, 1.165) is 5.56 Å². The molecular formula is C12H13NO2. The number of aromatic hydroxyl groups is 1. The summed E-state index contributed by atoms with van der Waals surface area (Å²) in [6, 6.07) is 4.90. The van der Waals surface area contributed by atoms with Gasteiger partial charge in [0.1, 0.15) is 5.75 Å². The summed E-state index contributed by atoms with van der Waals surface area (Å²) in [7, 11) is 0. The Labute approximate surface area is 89.1 Å². The lowest BCUT2D eigenvalue weighted by molar-refractivity contribution is 0.0956. The Kier molecular flexibility index (Phi) is 3.75. The largest absolute Gasteiger partial charge is 0.507 e. The number of hydrogen-bond donors (Lipinski definition) is 2. The van der Waals surface area contributed by atoms with Crippen LogP contribution in [0.25, 0.3) is 0 Å². The highest BCUT2D eigenvalue weighted by Gasteiger charge is 2.09. The summed E-state index contributed by atoms with van der Waals surface area (Å²) in [6.45, 7) is 3.86. The Hall–Kier alpha value is -1.95. The third kappa shape index (κ3) is 3.03. The second kappa shape index (κ2) is 5.06.